The van der Waals surface area contributed by atoms with Crippen LogP contribution in [-0.4, -0.2) is 18.5 Å². The lowest BCUT2D eigenvalue weighted by molar-refractivity contribution is -0.121. The first-order chi connectivity index (χ1) is 7.35. The molecule has 0 atom stereocenters. The van der Waals surface area contributed by atoms with Crippen LogP contribution < -0.4 is 10.6 Å². The van der Waals surface area contributed by atoms with Crippen molar-refractivity contribution in [1.82, 2.24) is 5.32 Å². The van der Waals surface area contributed by atoms with Crippen LogP contribution in [0.25, 0.3) is 0 Å². The van der Waals surface area contributed by atoms with Crippen molar-refractivity contribution in [3.8, 4) is 0 Å². The van der Waals surface area contributed by atoms with E-state index in [-0.39, 0.29) is 5.91 Å². The second kappa shape index (κ2) is 4.97. The smallest absolute Gasteiger partial charge is 0.244 e. The highest BCUT2D eigenvalue weighted by Gasteiger charge is 2.25. The summed E-state index contributed by atoms with van der Waals surface area (Å²) in [4.78, 5) is 11.9. The minimum absolute atomic E-state index is 0.0486. The normalized spacial score (nSPS) is 11.3. The molecule has 0 aromatic heterocycles. The summed E-state index contributed by atoms with van der Waals surface area (Å²) in [6.07, 6.45) is 0. The van der Waals surface area contributed by atoms with E-state index in [1.807, 2.05) is 39.0 Å². The fourth-order valence-electron chi connectivity index (χ4n) is 1.21. The zero-order chi connectivity index (χ0) is 12.3. The molecule has 3 nitrogen and oxygen atoms in total. The molecule has 1 rings (SSSR count). The zero-order valence-corrected chi connectivity index (χ0v) is 11.6. The van der Waals surface area contributed by atoms with Gasteiger partial charge in [-0.2, -0.15) is 0 Å². The largest absolute Gasteiger partial charge is 0.324 e. The first kappa shape index (κ1) is 13.2. The number of benzene rings is 1. The number of likely N-dealkylation sites (N-methyl/N-ethyl adjacent to an activating group) is 1. The quantitative estimate of drug-likeness (QED) is 0.896. The molecule has 0 fully saturated rings. The maximum absolute atomic E-state index is 11.9. The van der Waals surface area contributed by atoms with Gasteiger partial charge in [0.05, 0.1) is 5.54 Å². The van der Waals surface area contributed by atoms with Crippen molar-refractivity contribution in [1.29, 1.82) is 0 Å². The second-order valence-electron chi connectivity index (χ2n) is 4.35. The number of aryl methyl sites for hydroxylation is 1. The molecular weight excluding hydrogens is 268 g/mol. The molecule has 16 heavy (non-hydrogen) atoms. The SMILES string of the molecule is CNC(C)(C)C(=O)Nc1cc(C)cc(Br)c1. The Kier molecular flexibility index (Phi) is 4.10. The number of halogens is 1. The van der Waals surface area contributed by atoms with Gasteiger partial charge in [-0.05, 0) is 51.6 Å². The van der Waals surface area contributed by atoms with Crippen LogP contribution in [0.2, 0.25) is 0 Å². The molecule has 0 aliphatic heterocycles. The van der Waals surface area contributed by atoms with E-state index in [1.54, 1.807) is 7.05 Å². The predicted octanol–water partition coefficient (Wildman–Crippen LogP) is 2.69. The fraction of sp³-hybridized carbons (Fsp3) is 0.417. The van der Waals surface area contributed by atoms with Gasteiger partial charge in [0.25, 0.3) is 0 Å². The Labute approximate surface area is 105 Å². The Morgan fingerprint density at radius 1 is 1.31 bits per heavy atom. The van der Waals surface area contributed by atoms with Gasteiger partial charge in [-0.1, -0.05) is 15.9 Å². The van der Waals surface area contributed by atoms with Crippen LogP contribution in [0.5, 0.6) is 0 Å². The lowest BCUT2D eigenvalue weighted by Gasteiger charge is -2.22. The van der Waals surface area contributed by atoms with Crippen LogP contribution >= 0.6 is 15.9 Å². The van der Waals surface area contributed by atoms with Crippen LogP contribution in [-0.2, 0) is 4.79 Å². The molecule has 4 heteroatoms. The first-order valence-corrected chi connectivity index (χ1v) is 5.92. The Bertz CT molecular complexity index is 382. The van der Waals surface area contributed by atoms with E-state index < -0.39 is 5.54 Å². The summed E-state index contributed by atoms with van der Waals surface area (Å²) in [6.45, 7) is 5.67. The third kappa shape index (κ3) is 3.32. The highest BCUT2D eigenvalue weighted by molar-refractivity contribution is 9.10. The average molecular weight is 285 g/mol. The fourth-order valence-corrected chi connectivity index (χ4v) is 1.82. The Balaban J connectivity index is 2.85. The van der Waals surface area contributed by atoms with E-state index in [2.05, 4.69) is 26.6 Å². The standard InChI is InChI=1S/C12H17BrN2O/c1-8-5-9(13)7-10(6-8)15-11(16)12(2,3)14-4/h5-7,14H,1-4H3,(H,15,16). The molecule has 88 valence electrons. The molecule has 2 N–H and O–H groups in total. The number of carbonyl (C=O) groups excluding carboxylic acids is 1. The molecule has 0 aliphatic rings. The molecule has 1 amide bonds. The number of hydrogen-bond donors (Lipinski definition) is 2. The highest BCUT2D eigenvalue weighted by Crippen LogP contribution is 2.20. The average Bonchev–Trinajstić information content (AvgIpc) is 2.15. The molecule has 0 heterocycles. The molecular formula is C12H17BrN2O. The van der Waals surface area contributed by atoms with Gasteiger partial charge in [0, 0.05) is 10.2 Å². The topological polar surface area (TPSA) is 41.1 Å². The van der Waals surface area contributed by atoms with Gasteiger partial charge in [0.1, 0.15) is 0 Å². The van der Waals surface area contributed by atoms with Crippen molar-refractivity contribution >= 4 is 27.5 Å². The molecule has 1 aromatic rings. The molecule has 1 aromatic carbocycles. The summed E-state index contributed by atoms with van der Waals surface area (Å²) < 4.78 is 0.963. The maximum Gasteiger partial charge on any atom is 0.244 e. The third-order valence-corrected chi connectivity index (χ3v) is 2.95. The van der Waals surface area contributed by atoms with Gasteiger partial charge in [0.15, 0.2) is 0 Å². The van der Waals surface area contributed by atoms with E-state index >= 15 is 0 Å². The van der Waals surface area contributed by atoms with Crippen molar-refractivity contribution in [2.75, 3.05) is 12.4 Å². The number of hydrogen-bond acceptors (Lipinski definition) is 2. The summed E-state index contributed by atoms with van der Waals surface area (Å²) in [5, 5.41) is 5.85. The van der Waals surface area contributed by atoms with Crippen LogP contribution in [0.4, 0.5) is 5.69 Å². The molecule has 0 bridgehead atoms. The molecule has 0 spiro atoms. The lowest BCUT2D eigenvalue weighted by Crippen LogP contribution is -2.47. The number of carbonyl (C=O) groups is 1. The van der Waals surface area contributed by atoms with Gasteiger partial charge in [0.2, 0.25) is 5.91 Å². The summed E-state index contributed by atoms with van der Waals surface area (Å²) in [5.41, 5.74) is 1.34. The minimum atomic E-state index is -0.573. The van der Waals surface area contributed by atoms with Gasteiger partial charge >= 0.3 is 0 Å². The third-order valence-electron chi connectivity index (χ3n) is 2.49. The maximum atomic E-state index is 11.9. The zero-order valence-electron chi connectivity index (χ0n) is 10.0. The summed E-state index contributed by atoms with van der Waals surface area (Å²) in [7, 11) is 1.77. The highest BCUT2D eigenvalue weighted by atomic mass is 79.9. The second-order valence-corrected chi connectivity index (χ2v) is 5.26. The van der Waals surface area contributed by atoms with Crippen molar-refractivity contribution in [2.45, 2.75) is 26.3 Å². The van der Waals surface area contributed by atoms with Gasteiger partial charge in [-0.3, -0.25) is 4.79 Å². The molecule has 0 saturated heterocycles. The van der Waals surface area contributed by atoms with Gasteiger partial charge < -0.3 is 10.6 Å². The predicted molar refractivity (Wildman–Crippen MR) is 70.6 cm³/mol. The van der Waals surface area contributed by atoms with E-state index in [0.717, 1.165) is 15.7 Å². The number of rotatable bonds is 3. The number of amides is 1. The van der Waals surface area contributed by atoms with E-state index in [4.69, 9.17) is 0 Å². The lowest BCUT2D eigenvalue weighted by atomic mass is 10.0. The van der Waals surface area contributed by atoms with Gasteiger partial charge in [-0.25, -0.2) is 0 Å². The minimum Gasteiger partial charge on any atom is -0.324 e. The summed E-state index contributed by atoms with van der Waals surface area (Å²) >= 11 is 3.40. The van der Waals surface area contributed by atoms with Crippen LogP contribution in [0.3, 0.4) is 0 Å². The Hall–Kier alpha value is -0.870. The van der Waals surface area contributed by atoms with Crippen molar-refractivity contribution in [2.24, 2.45) is 0 Å². The van der Waals surface area contributed by atoms with E-state index in [0.29, 0.717) is 0 Å². The number of anilines is 1. The van der Waals surface area contributed by atoms with Gasteiger partial charge in [-0.15, -0.1) is 0 Å². The van der Waals surface area contributed by atoms with Crippen molar-refractivity contribution in [3.63, 3.8) is 0 Å². The molecule has 0 unspecified atom stereocenters. The van der Waals surface area contributed by atoms with E-state index in [1.165, 1.54) is 0 Å². The summed E-state index contributed by atoms with van der Waals surface area (Å²) in [6, 6.07) is 5.82. The first-order valence-electron chi connectivity index (χ1n) is 5.13. The Morgan fingerprint density at radius 3 is 2.44 bits per heavy atom. The molecule has 0 radical (unpaired) electrons. The van der Waals surface area contributed by atoms with Crippen molar-refractivity contribution in [3.05, 3.63) is 28.2 Å². The van der Waals surface area contributed by atoms with Crippen molar-refractivity contribution < 1.29 is 4.79 Å². The van der Waals surface area contributed by atoms with Crippen LogP contribution in [0.1, 0.15) is 19.4 Å². The number of nitrogens with one attached hydrogen (secondary N) is 2. The molecule has 0 aliphatic carbocycles. The Morgan fingerprint density at radius 2 is 1.94 bits per heavy atom. The van der Waals surface area contributed by atoms with E-state index in [9.17, 15) is 4.79 Å². The summed E-state index contributed by atoms with van der Waals surface area (Å²) in [5.74, 6) is -0.0486. The van der Waals surface area contributed by atoms with Crippen LogP contribution in [0, 0.1) is 6.92 Å². The monoisotopic (exact) mass is 284 g/mol. The molecule has 0 saturated carbocycles. The van der Waals surface area contributed by atoms with Crippen LogP contribution in [0.15, 0.2) is 22.7 Å².